The van der Waals surface area contributed by atoms with Gasteiger partial charge in [-0.05, 0) is 87.7 Å². The normalized spacial score (nSPS) is 20.8. The Morgan fingerprint density at radius 1 is 1.21 bits per heavy atom. The Morgan fingerprint density at radius 2 is 1.91 bits per heavy atom. The number of carbonyl (C=O) groups excluding carboxylic acids is 2. The summed E-state index contributed by atoms with van der Waals surface area (Å²) in [5.74, 6) is 0.137. The average molecular weight is 483 g/mol. The maximum Gasteiger partial charge on any atom is 0.293 e. The molecule has 34 heavy (non-hydrogen) atoms. The van der Waals surface area contributed by atoms with Crippen LogP contribution in [0.15, 0.2) is 41.3 Å². The summed E-state index contributed by atoms with van der Waals surface area (Å²) in [4.78, 5) is 29.0. The molecule has 0 spiro atoms. The first kappa shape index (κ1) is 24.3. The molecule has 0 bridgehead atoms. The first-order valence-corrected chi connectivity index (χ1v) is 12.5. The molecule has 5 nitrogen and oxygen atoms in total. The van der Waals surface area contributed by atoms with Crippen LogP contribution in [0.2, 0.25) is 0 Å². The Hall–Kier alpha value is -2.80. The zero-order chi connectivity index (χ0) is 24.6. The number of hydrogen-bond donors (Lipinski definition) is 0. The molecular formula is C27H31FN2O3S. The summed E-state index contributed by atoms with van der Waals surface area (Å²) in [6.45, 7) is 11.7. The maximum atomic E-state index is 15.1. The van der Waals surface area contributed by atoms with E-state index in [1.165, 1.54) is 6.08 Å². The molecule has 2 aliphatic rings. The lowest BCUT2D eigenvalue weighted by Crippen LogP contribution is -2.48. The molecule has 2 heterocycles. The van der Waals surface area contributed by atoms with E-state index in [1.807, 2.05) is 37.3 Å². The summed E-state index contributed by atoms with van der Waals surface area (Å²) in [7, 11) is 0. The van der Waals surface area contributed by atoms with Crippen molar-refractivity contribution in [3.05, 3.63) is 63.8 Å². The number of benzene rings is 2. The highest BCUT2D eigenvalue weighted by Crippen LogP contribution is 2.44. The second kappa shape index (κ2) is 9.45. The molecule has 0 saturated carbocycles. The molecule has 1 atom stereocenters. The standard InChI is InChI=1S/C27H31FN2O3S/c1-6-30-23-15-22(28)19(13-21(23)18(3)16-27(30,4)5)14-24-25(31)29(26(32)34-24)11-12-33-20-9-7-17(2)8-10-20/h7-10,13-15,18H,6,11-12,16H2,1-5H3/b24-14+. The molecule has 0 aromatic heterocycles. The third-order valence-electron chi connectivity index (χ3n) is 6.59. The van der Waals surface area contributed by atoms with E-state index in [1.54, 1.807) is 6.07 Å². The first-order chi connectivity index (χ1) is 16.1. The zero-order valence-corrected chi connectivity index (χ0v) is 21.2. The fourth-order valence-electron chi connectivity index (χ4n) is 4.95. The number of fused-ring (bicyclic) bond motifs is 1. The van der Waals surface area contributed by atoms with Crippen LogP contribution in [0, 0.1) is 12.7 Å². The third kappa shape index (κ3) is 4.71. The van der Waals surface area contributed by atoms with Gasteiger partial charge in [0.05, 0.1) is 11.4 Å². The van der Waals surface area contributed by atoms with Crippen LogP contribution in [0.25, 0.3) is 6.08 Å². The fraction of sp³-hybridized carbons (Fsp3) is 0.407. The molecule has 0 radical (unpaired) electrons. The molecule has 2 aromatic rings. The van der Waals surface area contributed by atoms with Gasteiger partial charge in [-0.2, -0.15) is 0 Å². The van der Waals surface area contributed by atoms with Gasteiger partial charge >= 0.3 is 0 Å². The minimum atomic E-state index is -0.413. The number of carbonyl (C=O) groups is 2. The van der Waals surface area contributed by atoms with Crippen LogP contribution >= 0.6 is 11.8 Å². The fourth-order valence-corrected chi connectivity index (χ4v) is 5.81. The van der Waals surface area contributed by atoms with Crippen molar-refractivity contribution in [3.63, 3.8) is 0 Å². The van der Waals surface area contributed by atoms with Gasteiger partial charge in [-0.3, -0.25) is 14.5 Å². The molecule has 2 amide bonds. The number of aryl methyl sites for hydroxylation is 1. The number of rotatable bonds is 6. The van der Waals surface area contributed by atoms with Gasteiger partial charge in [0.1, 0.15) is 18.2 Å². The SMILES string of the molecule is CCN1c2cc(F)c(/C=C3/SC(=O)N(CCOc4ccc(C)cc4)C3=O)cc2C(C)CC1(C)C. The summed E-state index contributed by atoms with van der Waals surface area (Å²) in [6.07, 6.45) is 2.46. The zero-order valence-electron chi connectivity index (χ0n) is 20.4. The Labute approximate surface area is 205 Å². The van der Waals surface area contributed by atoms with Crippen LogP contribution in [-0.2, 0) is 4.79 Å². The van der Waals surface area contributed by atoms with Crippen molar-refractivity contribution in [2.24, 2.45) is 0 Å². The first-order valence-electron chi connectivity index (χ1n) is 11.7. The largest absolute Gasteiger partial charge is 0.492 e. The van der Waals surface area contributed by atoms with Gasteiger partial charge in [0.25, 0.3) is 11.1 Å². The maximum absolute atomic E-state index is 15.1. The lowest BCUT2D eigenvalue weighted by molar-refractivity contribution is -0.123. The topological polar surface area (TPSA) is 49.9 Å². The lowest BCUT2D eigenvalue weighted by Gasteiger charge is -2.47. The van der Waals surface area contributed by atoms with Crippen LogP contribution in [0.5, 0.6) is 5.75 Å². The third-order valence-corrected chi connectivity index (χ3v) is 7.49. The molecular weight excluding hydrogens is 451 g/mol. The Bertz CT molecular complexity index is 1140. The van der Waals surface area contributed by atoms with E-state index >= 15 is 4.39 Å². The number of amides is 2. The summed E-state index contributed by atoms with van der Waals surface area (Å²) in [5.41, 5.74) is 3.38. The van der Waals surface area contributed by atoms with Crippen molar-refractivity contribution in [2.45, 2.75) is 52.5 Å². The number of anilines is 1. The van der Waals surface area contributed by atoms with Gasteiger partial charge < -0.3 is 9.64 Å². The van der Waals surface area contributed by atoms with Gasteiger partial charge in [-0.1, -0.05) is 24.6 Å². The number of hydrogen-bond acceptors (Lipinski definition) is 5. The highest BCUT2D eigenvalue weighted by molar-refractivity contribution is 8.18. The Morgan fingerprint density at radius 3 is 2.59 bits per heavy atom. The van der Waals surface area contributed by atoms with Gasteiger partial charge in [-0.15, -0.1) is 0 Å². The highest BCUT2D eigenvalue weighted by Gasteiger charge is 2.37. The number of thioether (sulfide) groups is 1. The molecule has 1 fully saturated rings. The second-order valence-corrected chi connectivity index (χ2v) is 10.6. The van der Waals surface area contributed by atoms with E-state index < -0.39 is 11.7 Å². The van der Waals surface area contributed by atoms with Crippen molar-refractivity contribution in [1.29, 1.82) is 0 Å². The summed E-state index contributed by atoms with van der Waals surface area (Å²) in [5, 5.41) is -0.366. The number of nitrogens with zero attached hydrogens (tertiary/aromatic N) is 2. The number of ether oxygens (including phenoxy) is 1. The number of imide groups is 1. The summed E-state index contributed by atoms with van der Waals surface area (Å²) < 4.78 is 20.8. The van der Waals surface area contributed by atoms with Crippen LogP contribution in [-0.4, -0.2) is 41.3 Å². The van der Waals surface area contributed by atoms with Crippen LogP contribution in [0.1, 0.15) is 56.7 Å². The van der Waals surface area contributed by atoms with E-state index in [-0.39, 0.29) is 34.8 Å². The minimum Gasteiger partial charge on any atom is -0.492 e. The predicted octanol–water partition coefficient (Wildman–Crippen LogP) is 6.36. The highest BCUT2D eigenvalue weighted by atomic mass is 32.2. The van der Waals surface area contributed by atoms with E-state index in [9.17, 15) is 9.59 Å². The molecule has 180 valence electrons. The molecule has 7 heteroatoms. The average Bonchev–Trinajstić information content (AvgIpc) is 3.03. The molecule has 2 aliphatic heterocycles. The molecule has 4 rings (SSSR count). The Balaban J connectivity index is 1.52. The van der Waals surface area contributed by atoms with E-state index in [0.717, 1.165) is 46.4 Å². The smallest absolute Gasteiger partial charge is 0.293 e. The summed E-state index contributed by atoms with van der Waals surface area (Å²) >= 11 is 0.842. The molecule has 1 unspecified atom stereocenters. The lowest BCUT2D eigenvalue weighted by atomic mass is 9.79. The van der Waals surface area contributed by atoms with Crippen LogP contribution in [0.4, 0.5) is 14.9 Å². The van der Waals surface area contributed by atoms with Crippen molar-refractivity contribution < 1.29 is 18.7 Å². The van der Waals surface area contributed by atoms with Crippen LogP contribution < -0.4 is 9.64 Å². The minimum absolute atomic E-state index is 0.0571. The summed E-state index contributed by atoms with van der Waals surface area (Å²) in [6, 6.07) is 11.0. The molecule has 0 aliphatic carbocycles. The molecule has 2 aromatic carbocycles. The van der Waals surface area contributed by atoms with Crippen molar-refractivity contribution in [1.82, 2.24) is 4.90 Å². The molecule has 0 N–H and O–H groups in total. The quantitative estimate of drug-likeness (QED) is 0.448. The predicted molar refractivity (Wildman–Crippen MR) is 136 cm³/mol. The number of halogens is 1. The van der Waals surface area contributed by atoms with Gasteiger partial charge in [0, 0.05) is 23.3 Å². The van der Waals surface area contributed by atoms with E-state index in [2.05, 4.69) is 32.6 Å². The molecule has 1 saturated heterocycles. The van der Waals surface area contributed by atoms with Gasteiger partial charge in [0.15, 0.2) is 0 Å². The van der Waals surface area contributed by atoms with Gasteiger partial charge in [-0.25, -0.2) is 4.39 Å². The Kier molecular flexibility index (Phi) is 6.76. The monoisotopic (exact) mass is 482 g/mol. The van der Waals surface area contributed by atoms with Crippen molar-refractivity contribution in [3.8, 4) is 5.75 Å². The van der Waals surface area contributed by atoms with Crippen molar-refractivity contribution >= 4 is 34.7 Å². The van der Waals surface area contributed by atoms with E-state index in [4.69, 9.17) is 4.74 Å². The second-order valence-electron chi connectivity index (χ2n) is 9.59. The van der Waals surface area contributed by atoms with Gasteiger partial charge in [0.2, 0.25) is 0 Å². The van der Waals surface area contributed by atoms with E-state index in [0.29, 0.717) is 11.3 Å². The van der Waals surface area contributed by atoms with Crippen molar-refractivity contribution in [2.75, 3.05) is 24.6 Å². The van der Waals surface area contributed by atoms with Crippen LogP contribution in [0.3, 0.4) is 0 Å².